The van der Waals surface area contributed by atoms with E-state index >= 15 is 0 Å². The summed E-state index contributed by atoms with van der Waals surface area (Å²) in [7, 11) is 0. The van der Waals surface area contributed by atoms with E-state index < -0.39 is 0 Å². The number of aryl methyl sites for hydroxylation is 2. The maximum Gasteiger partial charge on any atom is 0.0856 e. The fourth-order valence-corrected chi connectivity index (χ4v) is 4.08. The molecule has 0 saturated heterocycles. The van der Waals surface area contributed by atoms with Gasteiger partial charge in [0, 0.05) is 13.3 Å². The van der Waals surface area contributed by atoms with E-state index in [-0.39, 0.29) is 5.38 Å². The first kappa shape index (κ1) is 12.4. The number of benzene rings is 1. The Morgan fingerprint density at radius 2 is 1.88 bits per heavy atom. The molecule has 0 amide bonds. The van der Waals surface area contributed by atoms with Crippen LogP contribution in [0.25, 0.3) is 0 Å². The second-order valence-corrected chi connectivity index (χ2v) is 6.81. The molecule has 1 atom stereocenters. The van der Waals surface area contributed by atoms with E-state index in [2.05, 4.69) is 54.6 Å². The van der Waals surface area contributed by atoms with Crippen molar-refractivity contribution < 1.29 is 0 Å². The van der Waals surface area contributed by atoms with Gasteiger partial charge in [-0.2, -0.15) is 0 Å². The molecule has 2 rings (SSSR count). The van der Waals surface area contributed by atoms with Crippen LogP contribution >= 0.6 is 45.5 Å². The number of hydrogen-bond donors (Lipinski definition) is 0. The lowest BCUT2D eigenvalue weighted by Crippen LogP contribution is -1.95. The normalized spacial score (nSPS) is 12.8. The Hall–Kier alpha value is -0.0600. The molecule has 1 unspecified atom stereocenters. The van der Waals surface area contributed by atoms with E-state index in [1.54, 1.807) is 0 Å². The quantitative estimate of drug-likeness (QED) is 0.502. The van der Waals surface area contributed by atoms with Gasteiger partial charge in [-0.1, -0.05) is 18.2 Å². The van der Waals surface area contributed by atoms with Crippen molar-refractivity contribution in [1.29, 1.82) is 0 Å². The zero-order valence-electron chi connectivity index (χ0n) is 9.13. The Bertz CT molecular complexity index is 504. The van der Waals surface area contributed by atoms with Gasteiger partial charge in [0.25, 0.3) is 0 Å². The SMILES string of the molecule is Cc1cc(C(Cl)c2ccccc2I)c(C)s1. The summed E-state index contributed by atoms with van der Waals surface area (Å²) >= 11 is 10.7. The van der Waals surface area contributed by atoms with Crippen molar-refractivity contribution in [1.82, 2.24) is 0 Å². The summed E-state index contributed by atoms with van der Waals surface area (Å²) in [5.74, 6) is 0. The van der Waals surface area contributed by atoms with Crippen LogP contribution in [0, 0.1) is 17.4 Å². The minimum atomic E-state index is -0.0296. The Morgan fingerprint density at radius 3 is 2.44 bits per heavy atom. The van der Waals surface area contributed by atoms with Gasteiger partial charge in [-0.05, 0) is 59.7 Å². The molecular formula is C13H12ClIS. The van der Waals surface area contributed by atoms with Crippen molar-refractivity contribution in [2.24, 2.45) is 0 Å². The van der Waals surface area contributed by atoms with Crippen molar-refractivity contribution in [3.05, 3.63) is 54.8 Å². The molecule has 1 heterocycles. The molecule has 3 heteroatoms. The monoisotopic (exact) mass is 362 g/mol. The molecule has 0 spiro atoms. The predicted octanol–water partition coefficient (Wildman–Crippen LogP) is 5.30. The molecule has 84 valence electrons. The third-order valence-corrected chi connectivity index (χ3v) is 4.97. The highest BCUT2D eigenvalue weighted by molar-refractivity contribution is 14.1. The number of hydrogen-bond acceptors (Lipinski definition) is 1. The van der Waals surface area contributed by atoms with E-state index in [1.807, 2.05) is 23.5 Å². The van der Waals surface area contributed by atoms with Crippen LogP contribution in [0.2, 0.25) is 0 Å². The molecule has 0 nitrogen and oxygen atoms in total. The highest BCUT2D eigenvalue weighted by Crippen LogP contribution is 2.36. The van der Waals surface area contributed by atoms with Crippen molar-refractivity contribution in [3.63, 3.8) is 0 Å². The second kappa shape index (κ2) is 5.07. The molecule has 0 saturated carbocycles. The largest absolute Gasteiger partial charge is 0.146 e. The maximum atomic E-state index is 6.56. The van der Waals surface area contributed by atoms with Gasteiger partial charge in [-0.15, -0.1) is 22.9 Å². The maximum absolute atomic E-state index is 6.56. The van der Waals surface area contributed by atoms with Crippen LogP contribution in [-0.2, 0) is 0 Å². The molecule has 0 N–H and O–H groups in total. The van der Waals surface area contributed by atoms with Crippen LogP contribution in [0.4, 0.5) is 0 Å². The second-order valence-electron chi connectivity index (χ2n) is 3.75. The molecular weight excluding hydrogens is 351 g/mol. The van der Waals surface area contributed by atoms with Crippen molar-refractivity contribution in [2.45, 2.75) is 19.2 Å². The minimum absolute atomic E-state index is 0.0296. The molecule has 0 aliphatic heterocycles. The van der Waals surface area contributed by atoms with Gasteiger partial charge in [0.1, 0.15) is 0 Å². The fraction of sp³-hybridized carbons (Fsp3) is 0.231. The van der Waals surface area contributed by atoms with Gasteiger partial charge in [-0.3, -0.25) is 0 Å². The lowest BCUT2D eigenvalue weighted by atomic mass is 10.1. The summed E-state index contributed by atoms with van der Waals surface area (Å²) in [6.45, 7) is 4.26. The van der Waals surface area contributed by atoms with Gasteiger partial charge >= 0.3 is 0 Å². The highest BCUT2D eigenvalue weighted by atomic mass is 127. The molecule has 0 fully saturated rings. The highest BCUT2D eigenvalue weighted by Gasteiger charge is 2.17. The van der Waals surface area contributed by atoms with Crippen LogP contribution in [0.3, 0.4) is 0 Å². The van der Waals surface area contributed by atoms with Crippen LogP contribution in [0.5, 0.6) is 0 Å². The van der Waals surface area contributed by atoms with Gasteiger partial charge < -0.3 is 0 Å². The Balaban J connectivity index is 2.43. The van der Waals surface area contributed by atoms with Crippen molar-refractivity contribution in [3.8, 4) is 0 Å². The number of alkyl halides is 1. The first-order valence-corrected chi connectivity index (χ1v) is 7.38. The average molecular weight is 363 g/mol. The third-order valence-electron chi connectivity index (χ3n) is 2.53. The molecule has 0 aliphatic carbocycles. The van der Waals surface area contributed by atoms with Gasteiger partial charge in [0.2, 0.25) is 0 Å². The average Bonchev–Trinajstić information content (AvgIpc) is 2.58. The zero-order valence-corrected chi connectivity index (χ0v) is 12.9. The van der Waals surface area contributed by atoms with E-state index in [0.717, 1.165) is 0 Å². The van der Waals surface area contributed by atoms with E-state index in [1.165, 1.54) is 24.5 Å². The molecule has 1 aromatic carbocycles. The summed E-state index contributed by atoms with van der Waals surface area (Å²) in [6.07, 6.45) is 0. The van der Waals surface area contributed by atoms with Crippen LogP contribution < -0.4 is 0 Å². The first-order valence-electron chi connectivity index (χ1n) is 5.05. The summed E-state index contributed by atoms with van der Waals surface area (Å²) in [4.78, 5) is 2.64. The summed E-state index contributed by atoms with van der Waals surface area (Å²) in [5.41, 5.74) is 2.44. The number of halogens is 2. The smallest absolute Gasteiger partial charge is 0.0856 e. The standard InChI is InChI=1S/C13H12ClIS/c1-8-7-11(9(2)16-8)13(14)10-5-3-4-6-12(10)15/h3-7,13H,1-2H3. The summed E-state index contributed by atoms with van der Waals surface area (Å²) in [5, 5.41) is -0.0296. The van der Waals surface area contributed by atoms with Crippen LogP contribution in [-0.4, -0.2) is 0 Å². The summed E-state index contributed by atoms with van der Waals surface area (Å²) < 4.78 is 1.23. The van der Waals surface area contributed by atoms with E-state index in [0.29, 0.717) is 0 Å². The molecule has 1 aromatic heterocycles. The van der Waals surface area contributed by atoms with Crippen LogP contribution in [0.15, 0.2) is 30.3 Å². The molecule has 16 heavy (non-hydrogen) atoms. The van der Waals surface area contributed by atoms with Gasteiger partial charge in [-0.25, -0.2) is 0 Å². The summed E-state index contributed by atoms with van der Waals surface area (Å²) in [6, 6.07) is 10.5. The number of rotatable bonds is 2. The van der Waals surface area contributed by atoms with Crippen molar-refractivity contribution >= 4 is 45.5 Å². The minimum Gasteiger partial charge on any atom is -0.146 e. The molecule has 0 radical (unpaired) electrons. The molecule has 0 bridgehead atoms. The van der Waals surface area contributed by atoms with Crippen molar-refractivity contribution in [2.75, 3.05) is 0 Å². The Morgan fingerprint density at radius 1 is 1.19 bits per heavy atom. The van der Waals surface area contributed by atoms with Gasteiger partial charge in [0.05, 0.1) is 5.38 Å². The topological polar surface area (TPSA) is 0 Å². The predicted molar refractivity (Wildman–Crippen MR) is 80.6 cm³/mol. The lowest BCUT2D eigenvalue weighted by Gasteiger charge is -2.11. The molecule has 0 aliphatic rings. The van der Waals surface area contributed by atoms with Gasteiger partial charge in [0.15, 0.2) is 0 Å². The van der Waals surface area contributed by atoms with E-state index in [4.69, 9.17) is 11.6 Å². The van der Waals surface area contributed by atoms with E-state index in [9.17, 15) is 0 Å². The number of thiophene rings is 1. The fourth-order valence-electron chi connectivity index (χ4n) is 1.75. The third kappa shape index (κ3) is 2.44. The Labute approximate surface area is 119 Å². The van der Waals surface area contributed by atoms with Crippen LogP contribution in [0.1, 0.15) is 26.3 Å². The first-order chi connectivity index (χ1) is 7.59. The lowest BCUT2D eigenvalue weighted by molar-refractivity contribution is 1.12. The Kier molecular flexibility index (Phi) is 3.93. The zero-order chi connectivity index (χ0) is 11.7. The molecule has 2 aromatic rings.